The smallest absolute Gasteiger partial charge is 0.257 e. The molecule has 0 bridgehead atoms. The summed E-state index contributed by atoms with van der Waals surface area (Å²) >= 11 is 6.60. The van der Waals surface area contributed by atoms with Crippen molar-refractivity contribution in [3.63, 3.8) is 0 Å². The number of thiocarbonyl (C=S) groups is 1. The summed E-state index contributed by atoms with van der Waals surface area (Å²) in [7, 11) is 0. The van der Waals surface area contributed by atoms with Crippen LogP contribution in [-0.2, 0) is 0 Å². The predicted molar refractivity (Wildman–Crippen MR) is 113 cm³/mol. The Kier molecular flexibility index (Phi) is 7.63. The van der Waals surface area contributed by atoms with Crippen LogP contribution in [0.1, 0.15) is 24.2 Å². The van der Waals surface area contributed by atoms with Gasteiger partial charge in [0.1, 0.15) is 17.2 Å². The Morgan fingerprint density at radius 2 is 1.81 bits per heavy atom. The van der Waals surface area contributed by atoms with Crippen molar-refractivity contribution in [3.8, 4) is 17.2 Å². The van der Waals surface area contributed by atoms with E-state index in [1.807, 2.05) is 44.4 Å². The first-order chi connectivity index (χ1) is 12.9. The van der Waals surface area contributed by atoms with E-state index in [2.05, 4.69) is 22.6 Å². The third-order valence-electron chi connectivity index (χ3n) is 3.22. The summed E-state index contributed by atoms with van der Waals surface area (Å²) in [6, 6.07) is 12.7. The van der Waals surface area contributed by atoms with E-state index in [0.717, 1.165) is 4.90 Å². The Balaban J connectivity index is 2.27. The lowest BCUT2D eigenvalue weighted by Crippen LogP contribution is -2.36. The number of ether oxygens (including phenoxy) is 2. The molecule has 2 rings (SSSR count). The van der Waals surface area contributed by atoms with E-state index < -0.39 is 5.91 Å². The van der Waals surface area contributed by atoms with Crippen molar-refractivity contribution in [2.45, 2.75) is 24.8 Å². The molecular formula is C19H21N3O3S2. The molecule has 0 aliphatic heterocycles. The van der Waals surface area contributed by atoms with Crippen LogP contribution in [0, 0.1) is 0 Å². The number of hydrazone groups is 1. The first-order valence-corrected chi connectivity index (χ1v) is 9.75. The molecule has 27 heavy (non-hydrogen) atoms. The Morgan fingerprint density at radius 1 is 1.15 bits per heavy atom. The number of hydrogen-bond donors (Lipinski definition) is 2. The fraction of sp³-hybridized carbons (Fsp3) is 0.211. The van der Waals surface area contributed by atoms with Crippen molar-refractivity contribution in [1.29, 1.82) is 0 Å². The summed E-state index contributed by atoms with van der Waals surface area (Å²) in [5, 5.41) is 5.99. The van der Waals surface area contributed by atoms with Crippen molar-refractivity contribution in [3.05, 3.63) is 48.0 Å². The largest absolute Gasteiger partial charge is 0.491 e. The van der Waals surface area contributed by atoms with Crippen molar-refractivity contribution in [2.75, 3.05) is 6.26 Å². The van der Waals surface area contributed by atoms with Crippen LogP contribution in [0.2, 0.25) is 0 Å². The molecular weight excluding hydrogens is 382 g/mol. The van der Waals surface area contributed by atoms with E-state index in [1.165, 1.54) is 0 Å². The van der Waals surface area contributed by atoms with Crippen molar-refractivity contribution in [2.24, 2.45) is 5.10 Å². The molecule has 0 atom stereocenters. The average molecular weight is 404 g/mol. The summed E-state index contributed by atoms with van der Waals surface area (Å²) in [5.41, 5.74) is 2.75. The maximum Gasteiger partial charge on any atom is 0.257 e. The van der Waals surface area contributed by atoms with Crippen LogP contribution in [0.5, 0.6) is 17.2 Å². The van der Waals surface area contributed by atoms with E-state index in [-0.39, 0.29) is 11.2 Å². The molecule has 6 nitrogen and oxygen atoms in total. The van der Waals surface area contributed by atoms with Crippen LogP contribution >= 0.6 is 24.0 Å². The van der Waals surface area contributed by atoms with Crippen LogP contribution in [0.4, 0.5) is 0 Å². The van der Waals surface area contributed by atoms with Gasteiger partial charge in [-0.15, -0.1) is 11.8 Å². The highest BCUT2D eigenvalue weighted by molar-refractivity contribution is 7.98. The Labute approximate surface area is 168 Å². The second kappa shape index (κ2) is 9.94. The zero-order chi connectivity index (χ0) is 19.8. The maximum atomic E-state index is 12.4. The molecule has 1 amide bonds. The SMILES string of the molecule is C=NNC(=S)NC(=O)c1cc(Oc2ccc(SC)cc2)cc(OC(C)C)c1. The molecule has 0 aliphatic rings. The van der Waals surface area contributed by atoms with Crippen molar-refractivity contribution < 1.29 is 14.3 Å². The summed E-state index contributed by atoms with van der Waals surface area (Å²) in [4.78, 5) is 13.6. The number of benzene rings is 2. The Morgan fingerprint density at radius 3 is 2.41 bits per heavy atom. The molecule has 8 heteroatoms. The number of carbonyl (C=O) groups excluding carboxylic acids is 1. The van der Waals surface area contributed by atoms with Gasteiger partial charge in [0.2, 0.25) is 0 Å². The van der Waals surface area contributed by atoms with Gasteiger partial charge in [0.25, 0.3) is 5.91 Å². The van der Waals surface area contributed by atoms with Crippen LogP contribution in [-0.4, -0.2) is 30.1 Å². The summed E-state index contributed by atoms with van der Waals surface area (Å²) < 4.78 is 11.6. The van der Waals surface area contributed by atoms with Crippen LogP contribution in [0.25, 0.3) is 0 Å². The molecule has 0 saturated heterocycles. The number of hydrogen-bond acceptors (Lipinski definition) is 6. The van der Waals surface area contributed by atoms with Gasteiger partial charge in [-0.1, -0.05) is 0 Å². The Hall–Kier alpha value is -2.58. The van der Waals surface area contributed by atoms with E-state index in [1.54, 1.807) is 30.0 Å². The van der Waals surface area contributed by atoms with Gasteiger partial charge in [-0.25, -0.2) is 0 Å². The lowest BCUT2D eigenvalue weighted by molar-refractivity contribution is 0.0975. The average Bonchev–Trinajstić information content (AvgIpc) is 2.61. The zero-order valence-electron chi connectivity index (χ0n) is 15.3. The maximum absolute atomic E-state index is 12.4. The minimum atomic E-state index is -0.409. The number of nitrogens with one attached hydrogen (secondary N) is 2. The van der Waals surface area contributed by atoms with Gasteiger partial charge < -0.3 is 9.47 Å². The predicted octanol–water partition coefficient (Wildman–Crippen LogP) is 4.21. The molecule has 2 aromatic rings. The second-order valence-electron chi connectivity index (χ2n) is 5.69. The first-order valence-electron chi connectivity index (χ1n) is 8.12. The summed E-state index contributed by atoms with van der Waals surface area (Å²) in [5.74, 6) is 1.26. The summed E-state index contributed by atoms with van der Waals surface area (Å²) in [6.07, 6.45) is 1.96. The van der Waals surface area contributed by atoms with Crippen molar-refractivity contribution in [1.82, 2.24) is 10.7 Å². The lowest BCUT2D eigenvalue weighted by Gasteiger charge is -2.14. The number of amides is 1. The van der Waals surface area contributed by atoms with Gasteiger partial charge in [-0.05, 0) is 68.7 Å². The highest BCUT2D eigenvalue weighted by Gasteiger charge is 2.13. The van der Waals surface area contributed by atoms with Gasteiger partial charge in [0.15, 0.2) is 5.11 Å². The van der Waals surface area contributed by atoms with Gasteiger partial charge in [-0.2, -0.15) is 5.10 Å². The zero-order valence-corrected chi connectivity index (χ0v) is 16.9. The summed E-state index contributed by atoms with van der Waals surface area (Å²) in [6.45, 7) is 7.07. The molecule has 0 fully saturated rings. The molecule has 0 aromatic heterocycles. The molecule has 2 aromatic carbocycles. The van der Waals surface area contributed by atoms with Gasteiger partial charge in [0.05, 0.1) is 6.10 Å². The quantitative estimate of drug-likeness (QED) is 0.312. The van der Waals surface area contributed by atoms with Crippen LogP contribution in [0.15, 0.2) is 52.5 Å². The lowest BCUT2D eigenvalue weighted by atomic mass is 10.2. The monoisotopic (exact) mass is 403 g/mol. The van der Waals surface area contributed by atoms with Gasteiger partial charge in [-0.3, -0.25) is 15.5 Å². The molecule has 0 spiro atoms. The molecule has 2 N–H and O–H groups in total. The topological polar surface area (TPSA) is 72.0 Å². The van der Waals surface area contributed by atoms with Crippen LogP contribution < -0.4 is 20.2 Å². The third kappa shape index (κ3) is 6.58. The molecule has 0 saturated carbocycles. The highest BCUT2D eigenvalue weighted by Crippen LogP contribution is 2.29. The fourth-order valence-electron chi connectivity index (χ4n) is 2.16. The van der Waals surface area contributed by atoms with Crippen molar-refractivity contribution >= 4 is 41.7 Å². The number of thioether (sulfide) groups is 1. The molecule has 0 unspecified atom stereocenters. The number of rotatable bonds is 7. The fourth-order valence-corrected chi connectivity index (χ4v) is 2.72. The van der Waals surface area contributed by atoms with Gasteiger partial charge >= 0.3 is 0 Å². The van der Waals surface area contributed by atoms with Gasteiger partial charge in [0, 0.05) is 23.2 Å². The molecule has 0 radical (unpaired) electrons. The van der Waals surface area contributed by atoms with E-state index >= 15 is 0 Å². The highest BCUT2D eigenvalue weighted by atomic mass is 32.2. The molecule has 142 valence electrons. The normalized spacial score (nSPS) is 10.2. The van der Waals surface area contributed by atoms with E-state index in [0.29, 0.717) is 22.8 Å². The third-order valence-corrected chi connectivity index (χ3v) is 4.15. The van der Waals surface area contributed by atoms with Crippen LogP contribution in [0.3, 0.4) is 0 Å². The standard InChI is InChI=1S/C19H21N3O3S2/c1-12(2)24-15-9-13(18(23)21-19(26)22-20-3)10-16(11-15)25-14-5-7-17(27-4)8-6-14/h5-12H,3H2,1-2,4H3,(H2,21,22,23,26). The minimum absolute atomic E-state index is 0.0512. The molecule has 0 heterocycles. The Bertz CT molecular complexity index is 823. The minimum Gasteiger partial charge on any atom is -0.491 e. The number of nitrogens with zero attached hydrogens (tertiary/aromatic N) is 1. The molecule has 0 aliphatic carbocycles. The number of carbonyl (C=O) groups is 1. The van der Waals surface area contributed by atoms with E-state index in [9.17, 15) is 4.79 Å². The van der Waals surface area contributed by atoms with E-state index in [4.69, 9.17) is 21.7 Å². The first kappa shape index (κ1) is 20.7. The second-order valence-corrected chi connectivity index (χ2v) is 6.98.